The number of hydrogen-bond acceptors (Lipinski definition) is 5. The average Bonchev–Trinajstić information content (AvgIpc) is 3.22. The molecular formula is C23H28N6O. The molecule has 1 aliphatic heterocycles. The van der Waals surface area contributed by atoms with Crippen molar-refractivity contribution in [1.82, 2.24) is 19.4 Å². The Labute approximate surface area is 177 Å². The van der Waals surface area contributed by atoms with Gasteiger partial charge in [0.1, 0.15) is 5.69 Å². The summed E-state index contributed by atoms with van der Waals surface area (Å²) in [6.45, 7) is 7.70. The molecule has 1 aromatic carbocycles. The van der Waals surface area contributed by atoms with Gasteiger partial charge in [-0.25, -0.2) is 9.97 Å². The minimum Gasteiger partial charge on any atom is -0.380 e. The van der Waals surface area contributed by atoms with Crippen LogP contribution in [0.15, 0.2) is 61.2 Å². The number of carbonyl (C=O) groups is 1. The first-order valence-corrected chi connectivity index (χ1v) is 10.4. The molecule has 0 radical (unpaired) electrons. The normalized spacial score (nSPS) is 14.2. The maximum Gasteiger partial charge on any atom is 0.272 e. The minimum absolute atomic E-state index is 0.0321. The fourth-order valence-corrected chi connectivity index (χ4v) is 3.76. The van der Waals surface area contributed by atoms with E-state index in [-0.39, 0.29) is 5.91 Å². The summed E-state index contributed by atoms with van der Waals surface area (Å²) >= 11 is 0. The Balaban J connectivity index is 1.42. The zero-order chi connectivity index (χ0) is 20.9. The molecule has 1 amide bonds. The molecule has 3 aromatic rings. The predicted octanol–water partition coefficient (Wildman–Crippen LogP) is 3.11. The number of nitrogens with zero attached hydrogens (tertiary/aromatic N) is 5. The highest BCUT2D eigenvalue weighted by atomic mass is 16.2. The number of anilines is 2. The van der Waals surface area contributed by atoms with Gasteiger partial charge in [0.2, 0.25) is 0 Å². The molecule has 1 aliphatic rings. The van der Waals surface area contributed by atoms with Crippen molar-refractivity contribution in [2.45, 2.75) is 26.4 Å². The second-order valence-corrected chi connectivity index (χ2v) is 7.85. The topological polar surface area (TPSA) is 66.3 Å². The molecule has 1 saturated heterocycles. The quantitative estimate of drug-likeness (QED) is 0.681. The van der Waals surface area contributed by atoms with Crippen LogP contribution in [0.4, 0.5) is 11.5 Å². The third kappa shape index (κ3) is 4.45. The summed E-state index contributed by atoms with van der Waals surface area (Å²) in [5.74, 6) is 0.983. The van der Waals surface area contributed by atoms with Gasteiger partial charge in [0, 0.05) is 45.0 Å². The second-order valence-electron chi connectivity index (χ2n) is 7.85. The second kappa shape index (κ2) is 8.98. The van der Waals surface area contributed by atoms with Crippen molar-refractivity contribution in [3.05, 3.63) is 72.4 Å². The summed E-state index contributed by atoms with van der Waals surface area (Å²) in [6, 6.07) is 14.5. The van der Waals surface area contributed by atoms with Gasteiger partial charge in [-0.15, -0.1) is 0 Å². The van der Waals surface area contributed by atoms with Gasteiger partial charge in [0.25, 0.3) is 5.91 Å². The summed E-state index contributed by atoms with van der Waals surface area (Å²) < 4.78 is 1.92. The van der Waals surface area contributed by atoms with Gasteiger partial charge in [0.15, 0.2) is 5.82 Å². The number of amides is 1. The van der Waals surface area contributed by atoms with E-state index >= 15 is 0 Å². The monoisotopic (exact) mass is 406 g/mol. The number of carbonyl (C=O) groups excluding carboxylic acids is 1. The average molecular weight is 407 g/mol. The largest absolute Gasteiger partial charge is 0.380 e. The number of aromatic nitrogens is 3. The highest BCUT2D eigenvalue weighted by molar-refractivity contribution is 5.92. The number of rotatable bonds is 6. The Morgan fingerprint density at radius 2 is 1.87 bits per heavy atom. The number of piperazine rings is 1. The van der Waals surface area contributed by atoms with Gasteiger partial charge in [-0.1, -0.05) is 30.3 Å². The molecule has 7 heteroatoms. The first-order chi connectivity index (χ1) is 14.6. The Morgan fingerprint density at radius 3 is 2.60 bits per heavy atom. The number of hydrogen-bond donors (Lipinski definition) is 1. The Hall–Kier alpha value is -3.35. The summed E-state index contributed by atoms with van der Waals surface area (Å²) in [6.07, 6.45) is 5.22. The van der Waals surface area contributed by atoms with Crippen LogP contribution in [-0.2, 0) is 6.54 Å². The van der Waals surface area contributed by atoms with Gasteiger partial charge in [-0.05, 0) is 31.5 Å². The minimum atomic E-state index is 0.0321. The van der Waals surface area contributed by atoms with E-state index in [1.165, 1.54) is 0 Å². The summed E-state index contributed by atoms with van der Waals surface area (Å²) in [5.41, 5.74) is 2.82. The third-order valence-corrected chi connectivity index (χ3v) is 5.22. The zero-order valence-corrected chi connectivity index (χ0v) is 17.5. The van der Waals surface area contributed by atoms with E-state index in [4.69, 9.17) is 0 Å². The fraction of sp³-hybridized carbons (Fsp3) is 0.348. The highest BCUT2D eigenvalue weighted by Crippen LogP contribution is 2.25. The molecule has 0 spiro atoms. The first kappa shape index (κ1) is 19.9. The molecule has 7 nitrogen and oxygen atoms in total. The molecule has 0 atom stereocenters. The van der Waals surface area contributed by atoms with E-state index in [0.717, 1.165) is 30.2 Å². The van der Waals surface area contributed by atoms with Gasteiger partial charge in [-0.3, -0.25) is 4.79 Å². The van der Waals surface area contributed by atoms with Crippen molar-refractivity contribution in [1.29, 1.82) is 0 Å². The molecule has 3 heterocycles. The summed E-state index contributed by atoms with van der Waals surface area (Å²) in [7, 11) is 0. The Bertz CT molecular complexity index is 976. The number of benzene rings is 1. The fourth-order valence-electron chi connectivity index (χ4n) is 3.76. The standard InChI is InChI=1S/C23H28N6O/c1-18(2)26-20-9-6-10-25-22(20)27-11-13-28(14-12-27)23(30)21-15-24-17-29(21)16-19-7-4-3-5-8-19/h3-10,15,17-18,26H,11-14,16H2,1-2H3/i17+2. The lowest BCUT2D eigenvalue weighted by Gasteiger charge is -2.36. The first-order valence-electron chi connectivity index (χ1n) is 10.4. The highest BCUT2D eigenvalue weighted by Gasteiger charge is 2.26. The van der Waals surface area contributed by atoms with Gasteiger partial charge < -0.3 is 19.7 Å². The van der Waals surface area contributed by atoms with Crippen LogP contribution < -0.4 is 10.2 Å². The van der Waals surface area contributed by atoms with E-state index in [2.05, 4.69) is 52.2 Å². The summed E-state index contributed by atoms with van der Waals surface area (Å²) in [5, 5.41) is 3.46. The molecule has 4 rings (SSSR count). The van der Waals surface area contributed by atoms with E-state index < -0.39 is 0 Å². The van der Waals surface area contributed by atoms with E-state index in [1.54, 1.807) is 12.5 Å². The van der Waals surface area contributed by atoms with Crippen LogP contribution in [0, 0.1) is 0 Å². The molecule has 1 fully saturated rings. The maximum atomic E-state index is 13.1. The third-order valence-electron chi connectivity index (χ3n) is 5.22. The van der Waals surface area contributed by atoms with Crippen molar-refractivity contribution in [2.75, 3.05) is 36.4 Å². The lowest BCUT2D eigenvalue weighted by molar-refractivity contribution is 0.0736. The molecule has 0 aliphatic carbocycles. The number of pyridine rings is 1. The molecule has 0 bridgehead atoms. The van der Waals surface area contributed by atoms with Crippen LogP contribution in [0.2, 0.25) is 0 Å². The molecule has 2 aromatic heterocycles. The van der Waals surface area contributed by atoms with E-state index in [0.29, 0.717) is 31.4 Å². The van der Waals surface area contributed by atoms with E-state index in [1.807, 2.05) is 39.9 Å². The Morgan fingerprint density at radius 1 is 1.10 bits per heavy atom. The molecule has 156 valence electrons. The van der Waals surface area contributed by atoms with Crippen LogP contribution in [-0.4, -0.2) is 57.6 Å². The van der Waals surface area contributed by atoms with Crippen molar-refractivity contribution < 1.29 is 4.79 Å². The lowest BCUT2D eigenvalue weighted by atomic mass is 10.2. The lowest BCUT2D eigenvalue weighted by Crippen LogP contribution is -2.49. The maximum absolute atomic E-state index is 13.1. The van der Waals surface area contributed by atoms with Crippen LogP contribution in [0.1, 0.15) is 29.9 Å². The number of imidazole rings is 1. The molecular weight excluding hydrogens is 378 g/mol. The zero-order valence-electron chi connectivity index (χ0n) is 17.5. The van der Waals surface area contributed by atoms with Crippen molar-refractivity contribution >= 4 is 17.4 Å². The van der Waals surface area contributed by atoms with Crippen LogP contribution >= 0.6 is 0 Å². The van der Waals surface area contributed by atoms with Crippen molar-refractivity contribution in [2.24, 2.45) is 0 Å². The van der Waals surface area contributed by atoms with Crippen LogP contribution in [0.5, 0.6) is 0 Å². The van der Waals surface area contributed by atoms with Gasteiger partial charge in [0.05, 0.1) is 18.2 Å². The van der Waals surface area contributed by atoms with E-state index in [9.17, 15) is 4.79 Å². The van der Waals surface area contributed by atoms with Gasteiger partial charge >= 0.3 is 0 Å². The van der Waals surface area contributed by atoms with Crippen LogP contribution in [0.25, 0.3) is 0 Å². The van der Waals surface area contributed by atoms with Crippen molar-refractivity contribution in [3.8, 4) is 0 Å². The summed E-state index contributed by atoms with van der Waals surface area (Å²) in [4.78, 5) is 26.1. The van der Waals surface area contributed by atoms with Gasteiger partial charge in [-0.2, -0.15) is 0 Å². The molecule has 30 heavy (non-hydrogen) atoms. The predicted molar refractivity (Wildman–Crippen MR) is 119 cm³/mol. The van der Waals surface area contributed by atoms with Crippen LogP contribution in [0.3, 0.4) is 0 Å². The number of nitrogens with one attached hydrogen (secondary N) is 1. The molecule has 0 unspecified atom stereocenters. The van der Waals surface area contributed by atoms with Crippen molar-refractivity contribution in [3.63, 3.8) is 0 Å². The molecule has 1 N–H and O–H groups in total. The molecule has 0 saturated carbocycles. The smallest absolute Gasteiger partial charge is 0.272 e. The SMILES string of the molecule is CC(C)Nc1cccnc1N1CCN(C(=O)c2cn[14cH]n2Cc2ccccc2)CC1. The Kier molecular flexibility index (Phi) is 5.97.